The van der Waals surface area contributed by atoms with Crippen LogP contribution in [0, 0.1) is 0 Å². The summed E-state index contributed by atoms with van der Waals surface area (Å²) in [4.78, 5) is 8.31. The van der Waals surface area contributed by atoms with Gasteiger partial charge in [0.1, 0.15) is 12.1 Å². The molecular formula is C11H15N5. The molecule has 0 amide bonds. The lowest BCUT2D eigenvalue weighted by atomic mass is 10.3. The van der Waals surface area contributed by atoms with Crippen molar-refractivity contribution in [2.45, 2.75) is 26.8 Å². The summed E-state index contributed by atoms with van der Waals surface area (Å²) in [6, 6.07) is 1.95. The first-order valence-corrected chi connectivity index (χ1v) is 5.42. The minimum Gasteiger partial charge on any atom is -0.338 e. The molecule has 0 fully saturated rings. The number of hydrogen-bond donors (Lipinski definition) is 1. The van der Waals surface area contributed by atoms with E-state index in [1.165, 1.54) is 0 Å². The van der Waals surface area contributed by atoms with Crippen LogP contribution in [0.15, 0.2) is 24.8 Å². The lowest BCUT2D eigenvalue weighted by Gasteiger charge is -2.02. The summed E-state index contributed by atoms with van der Waals surface area (Å²) >= 11 is 0. The van der Waals surface area contributed by atoms with E-state index in [1.807, 2.05) is 16.9 Å². The first kappa shape index (κ1) is 10.6. The average molecular weight is 217 g/mol. The van der Waals surface area contributed by atoms with Gasteiger partial charge in [0, 0.05) is 24.5 Å². The third-order valence-corrected chi connectivity index (χ3v) is 2.32. The number of nitrogens with zero attached hydrogens (tertiary/aromatic N) is 4. The van der Waals surface area contributed by atoms with E-state index < -0.39 is 0 Å². The fourth-order valence-electron chi connectivity index (χ4n) is 1.41. The molecule has 0 radical (unpaired) electrons. The first-order valence-electron chi connectivity index (χ1n) is 5.42. The van der Waals surface area contributed by atoms with E-state index in [1.54, 1.807) is 12.5 Å². The highest BCUT2D eigenvalue weighted by Crippen LogP contribution is 2.13. The van der Waals surface area contributed by atoms with Crippen molar-refractivity contribution in [3.63, 3.8) is 0 Å². The Labute approximate surface area is 94.5 Å². The Morgan fingerprint density at radius 3 is 2.88 bits per heavy atom. The largest absolute Gasteiger partial charge is 0.338 e. The van der Waals surface area contributed by atoms with Gasteiger partial charge >= 0.3 is 0 Å². The fourth-order valence-corrected chi connectivity index (χ4v) is 1.41. The molecule has 0 unspecified atom stereocenters. The Morgan fingerprint density at radius 1 is 1.31 bits per heavy atom. The van der Waals surface area contributed by atoms with Crippen LogP contribution in [-0.4, -0.2) is 19.7 Å². The second kappa shape index (κ2) is 4.74. The molecule has 0 spiro atoms. The van der Waals surface area contributed by atoms with Crippen molar-refractivity contribution >= 4 is 11.5 Å². The maximum absolute atomic E-state index is 4.18. The highest BCUT2D eigenvalue weighted by atomic mass is 15.3. The Morgan fingerprint density at radius 2 is 2.19 bits per heavy atom. The monoisotopic (exact) mass is 217 g/mol. The van der Waals surface area contributed by atoms with Crippen LogP contribution < -0.4 is 5.32 Å². The lowest BCUT2D eigenvalue weighted by molar-refractivity contribution is 0.660. The highest BCUT2D eigenvalue weighted by Gasteiger charge is 2.00. The zero-order valence-electron chi connectivity index (χ0n) is 9.51. The molecule has 0 aromatic carbocycles. The standard InChI is InChI=1S/C11H15N5/c1-3-9-5-11(13-8-12-9)15-10-6-14-16(4-2)7-10/h5-8H,3-4H2,1-2H3,(H,12,13,15). The molecule has 5 heteroatoms. The third-order valence-electron chi connectivity index (χ3n) is 2.32. The molecule has 0 saturated heterocycles. The molecule has 2 heterocycles. The second-order valence-corrected chi connectivity index (χ2v) is 3.46. The molecule has 0 aliphatic rings. The highest BCUT2D eigenvalue weighted by molar-refractivity contribution is 5.53. The predicted molar refractivity (Wildman–Crippen MR) is 62.6 cm³/mol. The number of rotatable bonds is 4. The van der Waals surface area contributed by atoms with Crippen LogP contribution in [0.25, 0.3) is 0 Å². The summed E-state index contributed by atoms with van der Waals surface area (Å²) in [5.41, 5.74) is 1.97. The SMILES string of the molecule is CCc1cc(Nc2cnn(CC)c2)ncn1. The molecule has 0 aliphatic heterocycles. The zero-order valence-corrected chi connectivity index (χ0v) is 9.51. The molecule has 0 saturated carbocycles. The van der Waals surface area contributed by atoms with Crippen LogP contribution in [0.4, 0.5) is 11.5 Å². The van der Waals surface area contributed by atoms with Crippen LogP contribution >= 0.6 is 0 Å². The molecule has 2 aromatic rings. The predicted octanol–water partition coefficient (Wildman–Crippen LogP) is 2.00. The number of aryl methyl sites for hydroxylation is 2. The van der Waals surface area contributed by atoms with Crippen LogP contribution in [-0.2, 0) is 13.0 Å². The summed E-state index contributed by atoms with van der Waals surface area (Å²) in [6.07, 6.45) is 6.22. The zero-order chi connectivity index (χ0) is 11.4. The van der Waals surface area contributed by atoms with Crippen molar-refractivity contribution in [2.75, 3.05) is 5.32 Å². The Kier molecular flexibility index (Phi) is 3.14. The van der Waals surface area contributed by atoms with Crippen molar-refractivity contribution in [1.29, 1.82) is 0 Å². The number of aromatic nitrogens is 4. The van der Waals surface area contributed by atoms with Gasteiger partial charge in [-0.3, -0.25) is 4.68 Å². The molecule has 2 aromatic heterocycles. The summed E-state index contributed by atoms with van der Waals surface area (Å²) in [6.45, 7) is 4.99. The molecule has 0 aliphatic carbocycles. The van der Waals surface area contributed by atoms with Gasteiger partial charge in [0.25, 0.3) is 0 Å². The second-order valence-electron chi connectivity index (χ2n) is 3.46. The van der Waals surface area contributed by atoms with Gasteiger partial charge in [-0.2, -0.15) is 5.10 Å². The number of nitrogens with one attached hydrogen (secondary N) is 1. The van der Waals surface area contributed by atoms with Gasteiger partial charge in [-0.1, -0.05) is 6.92 Å². The van der Waals surface area contributed by atoms with Gasteiger partial charge in [0.2, 0.25) is 0 Å². The Hall–Kier alpha value is -1.91. The maximum Gasteiger partial charge on any atom is 0.134 e. The van der Waals surface area contributed by atoms with E-state index in [-0.39, 0.29) is 0 Å². The Bertz CT molecular complexity index is 463. The maximum atomic E-state index is 4.18. The van der Waals surface area contributed by atoms with Crippen LogP contribution in [0.1, 0.15) is 19.5 Å². The van der Waals surface area contributed by atoms with Gasteiger partial charge < -0.3 is 5.32 Å². The topological polar surface area (TPSA) is 55.6 Å². The summed E-state index contributed by atoms with van der Waals surface area (Å²) in [5.74, 6) is 0.808. The van der Waals surface area contributed by atoms with Crippen LogP contribution in [0.2, 0.25) is 0 Å². The molecule has 0 atom stereocenters. The van der Waals surface area contributed by atoms with Crippen molar-refractivity contribution in [3.8, 4) is 0 Å². The minimum atomic E-state index is 0.808. The van der Waals surface area contributed by atoms with E-state index in [2.05, 4.69) is 34.2 Å². The Balaban J connectivity index is 2.13. The van der Waals surface area contributed by atoms with E-state index in [0.29, 0.717) is 0 Å². The van der Waals surface area contributed by atoms with Crippen LogP contribution in [0.5, 0.6) is 0 Å². The molecule has 0 bridgehead atoms. The average Bonchev–Trinajstić information content (AvgIpc) is 2.77. The summed E-state index contributed by atoms with van der Waals surface area (Å²) in [7, 11) is 0. The van der Waals surface area contributed by atoms with Gasteiger partial charge in [0.15, 0.2) is 0 Å². The summed E-state index contributed by atoms with van der Waals surface area (Å²) < 4.78 is 1.87. The van der Waals surface area contributed by atoms with Crippen molar-refractivity contribution < 1.29 is 0 Å². The lowest BCUT2D eigenvalue weighted by Crippen LogP contribution is -1.96. The van der Waals surface area contributed by atoms with Gasteiger partial charge in [-0.05, 0) is 13.3 Å². The fraction of sp³-hybridized carbons (Fsp3) is 0.364. The van der Waals surface area contributed by atoms with Crippen molar-refractivity contribution in [1.82, 2.24) is 19.7 Å². The molecule has 2 rings (SSSR count). The minimum absolute atomic E-state index is 0.808. The molecule has 84 valence electrons. The van der Waals surface area contributed by atoms with Gasteiger partial charge in [-0.15, -0.1) is 0 Å². The smallest absolute Gasteiger partial charge is 0.134 e. The van der Waals surface area contributed by atoms with Crippen LogP contribution in [0.3, 0.4) is 0 Å². The van der Waals surface area contributed by atoms with E-state index in [4.69, 9.17) is 0 Å². The van der Waals surface area contributed by atoms with E-state index >= 15 is 0 Å². The number of anilines is 2. The normalized spacial score (nSPS) is 10.4. The van der Waals surface area contributed by atoms with E-state index in [0.717, 1.165) is 30.2 Å². The molecule has 1 N–H and O–H groups in total. The molecule has 16 heavy (non-hydrogen) atoms. The van der Waals surface area contributed by atoms with E-state index in [9.17, 15) is 0 Å². The molecule has 5 nitrogen and oxygen atoms in total. The number of hydrogen-bond acceptors (Lipinski definition) is 4. The quantitative estimate of drug-likeness (QED) is 0.851. The first-order chi connectivity index (χ1) is 7.81. The summed E-state index contributed by atoms with van der Waals surface area (Å²) in [5, 5.41) is 7.38. The van der Waals surface area contributed by atoms with Gasteiger partial charge in [0.05, 0.1) is 11.9 Å². The third kappa shape index (κ3) is 2.36. The molecular weight excluding hydrogens is 202 g/mol. The van der Waals surface area contributed by atoms with Crippen molar-refractivity contribution in [2.24, 2.45) is 0 Å². The van der Waals surface area contributed by atoms with Crippen molar-refractivity contribution in [3.05, 3.63) is 30.5 Å². The van der Waals surface area contributed by atoms with Gasteiger partial charge in [-0.25, -0.2) is 9.97 Å².